The van der Waals surface area contributed by atoms with Gasteiger partial charge in [0.1, 0.15) is 12.8 Å². The second kappa shape index (κ2) is 9.57. The van der Waals surface area contributed by atoms with Gasteiger partial charge in [0.2, 0.25) is 0 Å². The molecule has 3 aromatic rings. The van der Waals surface area contributed by atoms with Crippen LogP contribution < -0.4 is 10.6 Å². The third-order valence-electron chi connectivity index (χ3n) is 6.14. The van der Waals surface area contributed by atoms with Crippen molar-refractivity contribution in [1.82, 2.24) is 30.0 Å². The molecule has 0 bridgehead atoms. The maximum atomic E-state index is 14.9. The molecule has 1 aliphatic heterocycles. The maximum Gasteiger partial charge on any atom is 0.319 e. The van der Waals surface area contributed by atoms with Crippen LogP contribution in [-0.2, 0) is 16.1 Å². The number of nitrogens with one attached hydrogen (secondary N) is 2. The van der Waals surface area contributed by atoms with E-state index >= 15 is 0 Å². The van der Waals surface area contributed by atoms with Crippen LogP contribution in [0.4, 0.5) is 9.18 Å². The molecule has 2 aliphatic rings. The van der Waals surface area contributed by atoms with Gasteiger partial charge in [-0.3, -0.25) is 9.48 Å². The summed E-state index contributed by atoms with van der Waals surface area (Å²) in [6.07, 6.45) is 10.4. The Morgan fingerprint density at radius 2 is 2.09 bits per heavy atom. The van der Waals surface area contributed by atoms with Crippen LogP contribution >= 0.6 is 0 Å². The van der Waals surface area contributed by atoms with Gasteiger partial charge in [-0.15, -0.1) is 0 Å². The highest BCUT2D eigenvalue weighted by atomic mass is 19.1. The number of carbonyl (C=O) groups excluding carboxylic acids is 2. The number of nitrogens with zero attached hydrogens (tertiary/aromatic N) is 4. The number of hydrogen-bond donors (Lipinski definition) is 2. The summed E-state index contributed by atoms with van der Waals surface area (Å²) >= 11 is 0. The first-order valence-corrected chi connectivity index (χ1v) is 11.4. The van der Waals surface area contributed by atoms with Gasteiger partial charge in [-0.25, -0.2) is 14.2 Å². The summed E-state index contributed by atoms with van der Waals surface area (Å²) in [4.78, 5) is 27.6. The monoisotopic (exact) mass is 476 g/mol. The fourth-order valence-corrected chi connectivity index (χ4v) is 4.48. The Labute approximate surface area is 201 Å². The van der Waals surface area contributed by atoms with Gasteiger partial charge >= 0.3 is 12.0 Å². The summed E-state index contributed by atoms with van der Waals surface area (Å²) in [5, 5.41) is 9.81. The lowest BCUT2D eigenvalue weighted by atomic mass is 9.92. The van der Waals surface area contributed by atoms with Crippen LogP contribution in [0.1, 0.15) is 30.0 Å². The molecule has 10 heteroatoms. The number of rotatable bonds is 7. The van der Waals surface area contributed by atoms with Gasteiger partial charge in [-0.1, -0.05) is 30.3 Å². The van der Waals surface area contributed by atoms with E-state index in [2.05, 4.69) is 20.7 Å². The van der Waals surface area contributed by atoms with E-state index < -0.39 is 18.1 Å². The van der Waals surface area contributed by atoms with Gasteiger partial charge in [-0.05, 0) is 17.7 Å². The average Bonchev–Trinajstić information content (AvgIpc) is 3.55. The zero-order valence-electron chi connectivity index (χ0n) is 19.1. The lowest BCUT2D eigenvalue weighted by Crippen LogP contribution is -2.38. The number of esters is 1. The Morgan fingerprint density at radius 1 is 1.23 bits per heavy atom. The molecule has 1 aromatic carbocycles. The summed E-state index contributed by atoms with van der Waals surface area (Å²) in [7, 11) is 0. The molecular weight excluding hydrogens is 451 g/mol. The van der Waals surface area contributed by atoms with E-state index in [9.17, 15) is 14.0 Å². The summed E-state index contributed by atoms with van der Waals surface area (Å²) in [5.74, 6) is -0.870. The first-order chi connectivity index (χ1) is 17.0. The Balaban J connectivity index is 1.16. The van der Waals surface area contributed by atoms with E-state index in [1.54, 1.807) is 35.6 Å². The first kappa shape index (κ1) is 22.6. The highest BCUT2D eigenvalue weighted by Gasteiger charge is 2.28. The fraction of sp³-hybridized carbons (Fsp3) is 0.280. The van der Waals surface area contributed by atoms with Crippen molar-refractivity contribution in [2.75, 3.05) is 13.2 Å². The second-order valence-corrected chi connectivity index (χ2v) is 8.45. The average molecular weight is 477 g/mol. The number of urea groups is 1. The zero-order valence-corrected chi connectivity index (χ0v) is 19.1. The van der Waals surface area contributed by atoms with Crippen molar-refractivity contribution in [2.24, 2.45) is 0 Å². The lowest BCUT2D eigenvalue weighted by Gasteiger charge is -2.20. The van der Waals surface area contributed by atoms with Gasteiger partial charge in [0.25, 0.3) is 0 Å². The number of aromatic nitrogens is 4. The zero-order chi connectivity index (χ0) is 24.4. The molecule has 2 N–H and O–H groups in total. The molecular formula is C25H25FN6O3. The number of hydrogen-bond acceptors (Lipinski definition) is 5. The molecule has 2 aromatic heterocycles. The molecule has 35 heavy (non-hydrogen) atoms. The SMILES string of the molecule is CC(=O)OCCn1cc(C2C=CC(NC(=O)NCC3c4ccccc4-c4cncn43)=CC2F)cn1. The van der Waals surface area contributed by atoms with Crippen LogP contribution in [0.3, 0.4) is 0 Å². The quantitative estimate of drug-likeness (QED) is 0.510. The van der Waals surface area contributed by atoms with E-state index in [0.717, 1.165) is 16.8 Å². The number of imidazole rings is 1. The molecule has 3 heterocycles. The third-order valence-corrected chi connectivity index (χ3v) is 6.14. The van der Waals surface area contributed by atoms with Gasteiger partial charge < -0.3 is 19.9 Å². The van der Waals surface area contributed by atoms with Crippen LogP contribution in [0.25, 0.3) is 11.3 Å². The predicted molar refractivity (Wildman–Crippen MR) is 126 cm³/mol. The van der Waals surface area contributed by atoms with Crippen LogP contribution in [0.5, 0.6) is 0 Å². The van der Waals surface area contributed by atoms with Crippen LogP contribution in [0.2, 0.25) is 0 Å². The number of halogens is 1. The molecule has 5 rings (SSSR count). The number of fused-ring (bicyclic) bond motifs is 3. The second-order valence-electron chi connectivity index (χ2n) is 8.45. The Kier molecular flexibility index (Phi) is 6.17. The summed E-state index contributed by atoms with van der Waals surface area (Å²) in [6.45, 7) is 2.31. The molecule has 9 nitrogen and oxygen atoms in total. The Hall–Kier alpha value is -4.21. The highest BCUT2D eigenvalue weighted by Crippen LogP contribution is 2.38. The third kappa shape index (κ3) is 4.72. The Bertz CT molecular complexity index is 1310. The minimum atomic E-state index is -1.32. The number of amides is 2. The molecule has 1 aliphatic carbocycles. The van der Waals surface area contributed by atoms with Crippen molar-refractivity contribution in [3.63, 3.8) is 0 Å². The highest BCUT2D eigenvalue weighted by molar-refractivity contribution is 5.77. The molecule has 0 spiro atoms. The predicted octanol–water partition coefficient (Wildman–Crippen LogP) is 3.09. The topological polar surface area (TPSA) is 103 Å². The van der Waals surface area contributed by atoms with Crippen LogP contribution in [-0.4, -0.2) is 50.7 Å². The number of allylic oxidation sites excluding steroid dienone is 3. The molecule has 2 amide bonds. The van der Waals surface area contributed by atoms with Gasteiger partial charge in [0, 0.05) is 42.4 Å². The van der Waals surface area contributed by atoms with Crippen molar-refractivity contribution in [3.8, 4) is 11.3 Å². The summed E-state index contributed by atoms with van der Waals surface area (Å²) in [6, 6.07) is 7.59. The molecule has 3 unspecified atom stereocenters. The van der Waals surface area contributed by atoms with Crippen molar-refractivity contribution in [1.29, 1.82) is 0 Å². The van der Waals surface area contributed by atoms with E-state index in [1.165, 1.54) is 13.0 Å². The van der Waals surface area contributed by atoms with Crippen molar-refractivity contribution >= 4 is 12.0 Å². The van der Waals surface area contributed by atoms with E-state index in [1.807, 2.05) is 35.0 Å². The van der Waals surface area contributed by atoms with E-state index in [0.29, 0.717) is 24.4 Å². The molecule has 0 saturated heterocycles. The number of carbonyl (C=O) groups is 2. The smallest absolute Gasteiger partial charge is 0.319 e. The maximum absolute atomic E-state index is 14.9. The summed E-state index contributed by atoms with van der Waals surface area (Å²) < 4.78 is 23.5. The normalized spacial score (nSPS) is 20.1. The van der Waals surface area contributed by atoms with Gasteiger partial charge in [0.15, 0.2) is 0 Å². The molecule has 0 saturated carbocycles. The molecule has 0 radical (unpaired) electrons. The van der Waals surface area contributed by atoms with E-state index in [-0.39, 0.29) is 18.6 Å². The largest absolute Gasteiger partial charge is 0.464 e. The minimum Gasteiger partial charge on any atom is -0.464 e. The van der Waals surface area contributed by atoms with Gasteiger partial charge in [0.05, 0.1) is 37.0 Å². The van der Waals surface area contributed by atoms with Crippen molar-refractivity contribution in [3.05, 3.63) is 84.2 Å². The number of benzene rings is 1. The number of ether oxygens (including phenoxy) is 1. The molecule has 0 fully saturated rings. The van der Waals surface area contributed by atoms with Crippen LogP contribution in [0.15, 0.2) is 73.1 Å². The van der Waals surface area contributed by atoms with Crippen molar-refractivity contribution in [2.45, 2.75) is 31.6 Å². The standard InChI is InChI=1S/C25H25FN6O3/c1-16(33)35-9-8-31-14-17(11-29-31)19-7-6-18(10-22(19)26)30-25(34)28-13-24-21-5-3-2-4-20(21)23-12-27-15-32(23)24/h2-7,10-12,14-15,19,22,24H,8-9,13H2,1H3,(H2,28,30,34). The van der Waals surface area contributed by atoms with Gasteiger partial charge in [-0.2, -0.15) is 5.10 Å². The lowest BCUT2D eigenvalue weighted by molar-refractivity contribution is -0.141. The van der Waals surface area contributed by atoms with Crippen molar-refractivity contribution < 1.29 is 18.7 Å². The number of alkyl halides is 1. The first-order valence-electron chi connectivity index (χ1n) is 11.4. The molecule has 180 valence electrons. The minimum absolute atomic E-state index is 0.0546. The fourth-order valence-electron chi connectivity index (χ4n) is 4.48. The Morgan fingerprint density at radius 3 is 2.91 bits per heavy atom. The molecule has 3 atom stereocenters. The summed E-state index contributed by atoms with van der Waals surface area (Å²) in [5.41, 5.74) is 4.35. The van der Waals surface area contributed by atoms with E-state index in [4.69, 9.17) is 4.74 Å². The van der Waals surface area contributed by atoms with Crippen LogP contribution in [0, 0.1) is 0 Å².